The van der Waals surface area contributed by atoms with Crippen molar-refractivity contribution >= 4 is 17.7 Å². The maximum absolute atomic E-state index is 12.3. The molecule has 24 heavy (non-hydrogen) atoms. The predicted molar refractivity (Wildman–Crippen MR) is 80.3 cm³/mol. The number of anilines is 1. The van der Waals surface area contributed by atoms with Crippen LogP contribution in [0.3, 0.4) is 0 Å². The zero-order chi connectivity index (χ0) is 17.5. The highest BCUT2D eigenvalue weighted by Crippen LogP contribution is 2.23. The van der Waals surface area contributed by atoms with Gasteiger partial charge in [-0.25, -0.2) is 9.59 Å². The largest absolute Gasteiger partial charge is 0.478 e. The smallest absolute Gasteiger partial charge is 0.411 e. The third-order valence-electron chi connectivity index (χ3n) is 2.84. The van der Waals surface area contributed by atoms with Crippen molar-refractivity contribution in [3.05, 3.63) is 59.7 Å². The Morgan fingerprint density at radius 3 is 2.46 bits per heavy atom. The van der Waals surface area contributed by atoms with Gasteiger partial charge in [0.15, 0.2) is 0 Å². The van der Waals surface area contributed by atoms with E-state index in [0.717, 1.165) is 23.8 Å². The summed E-state index contributed by atoms with van der Waals surface area (Å²) in [5.41, 5.74) is 0.406. The van der Waals surface area contributed by atoms with Gasteiger partial charge in [0.25, 0.3) is 0 Å². The Labute approximate surface area is 135 Å². The number of hydrogen-bond donors (Lipinski definition) is 2. The topological polar surface area (TPSA) is 84.9 Å². The number of carboxylic acids is 1. The zero-order valence-electron chi connectivity index (χ0n) is 12.2. The minimum absolute atomic E-state index is 0.00564. The lowest BCUT2D eigenvalue weighted by atomic mass is 10.2. The molecular weight excluding hydrogens is 324 g/mol. The molecule has 0 aromatic heterocycles. The van der Waals surface area contributed by atoms with E-state index >= 15 is 0 Å². The number of amides is 1. The average Bonchev–Trinajstić information content (AvgIpc) is 2.53. The molecule has 126 valence electrons. The van der Waals surface area contributed by atoms with Crippen LogP contribution in [0.5, 0.6) is 5.75 Å². The lowest BCUT2D eigenvalue weighted by molar-refractivity contribution is -0.0498. The summed E-state index contributed by atoms with van der Waals surface area (Å²) in [5, 5.41) is 11.2. The first-order chi connectivity index (χ1) is 11.4. The van der Waals surface area contributed by atoms with Crippen LogP contribution in [0.4, 0.5) is 19.3 Å². The molecular formula is C16H13F2NO5. The van der Waals surface area contributed by atoms with Gasteiger partial charge in [0, 0.05) is 11.8 Å². The number of aromatic carboxylic acids is 1. The molecule has 8 heteroatoms. The van der Waals surface area contributed by atoms with Gasteiger partial charge in [0.05, 0.1) is 5.56 Å². The van der Waals surface area contributed by atoms with Crippen molar-refractivity contribution in [3.63, 3.8) is 0 Å². The Balaban J connectivity index is 2.05. The van der Waals surface area contributed by atoms with Crippen LogP contribution in [0.25, 0.3) is 0 Å². The first-order valence-electron chi connectivity index (χ1n) is 6.75. The number of carboxylic acid groups (broad SMARTS) is 1. The average molecular weight is 337 g/mol. The van der Waals surface area contributed by atoms with Gasteiger partial charge in [0.1, 0.15) is 12.4 Å². The number of rotatable bonds is 6. The summed E-state index contributed by atoms with van der Waals surface area (Å²) < 4.78 is 33.7. The molecule has 0 bridgehead atoms. The van der Waals surface area contributed by atoms with Crippen molar-refractivity contribution in [1.29, 1.82) is 0 Å². The van der Waals surface area contributed by atoms with Gasteiger partial charge in [-0.05, 0) is 17.7 Å². The Hall–Kier alpha value is -3.16. The standard InChI is InChI=1S/C16H13F2NO5/c17-15(18)24-13-7-11(14(20)21)6-12(8-13)19-16(22)23-9-10-4-2-1-3-5-10/h1-8,15H,9H2,(H,19,22)(H,20,21). The van der Waals surface area contributed by atoms with E-state index in [9.17, 15) is 18.4 Å². The second-order valence-electron chi connectivity index (χ2n) is 4.62. The number of alkyl halides is 2. The van der Waals surface area contributed by atoms with Gasteiger partial charge >= 0.3 is 18.7 Å². The lowest BCUT2D eigenvalue weighted by Crippen LogP contribution is -2.14. The fourth-order valence-corrected chi connectivity index (χ4v) is 1.84. The highest BCUT2D eigenvalue weighted by Gasteiger charge is 2.13. The van der Waals surface area contributed by atoms with E-state index < -0.39 is 18.7 Å². The van der Waals surface area contributed by atoms with Crippen LogP contribution in [0.1, 0.15) is 15.9 Å². The van der Waals surface area contributed by atoms with E-state index in [1.165, 1.54) is 0 Å². The molecule has 0 spiro atoms. The van der Waals surface area contributed by atoms with Gasteiger partial charge in [0.2, 0.25) is 0 Å². The fourth-order valence-electron chi connectivity index (χ4n) is 1.84. The van der Waals surface area contributed by atoms with E-state index in [1.54, 1.807) is 24.3 Å². The quantitative estimate of drug-likeness (QED) is 0.839. The Morgan fingerprint density at radius 1 is 1.12 bits per heavy atom. The third-order valence-corrected chi connectivity index (χ3v) is 2.84. The summed E-state index contributed by atoms with van der Waals surface area (Å²) in [7, 11) is 0. The zero-order valence-corrected chi connectivity index (χ0v) is 12.2. The van der Waals surface area contributed by atoms with E-state index in [1.807, 2.05) is 6.07 Å². The maximum Gasteiger partial charge on any atom is 0.411 e. The number of nitrogens with one attached hydrogen (secondary N) is 1. The number of benzene rings is 2. The molecule has 0 aliphatic carbocycles. The Kier molecular flexibility index (Phi) is 5.67. The molecule has 2 aromatic rings. The van der Waals surface area contributed by atoms with E-state index in [2.05, 4.69) is 10.1 Å². The highest BCUT2D eigenvalue weighted by molar-refractivity contribution is 5.92. The van der Waals surface area contributed by atoms with Crippen LogP contribution in [0.15, 0.2) is 48.5 Å². The highest BCUT2D eigenvalue weighted by atomic mass is 19.3. The van der Waals surface area contributed by atoms with Crippen LogP contribution in [-0.2, 0) is 11.3 Å². The van der Waals surface area contributed by atoms with Crippen molar-refractivity contribution in [3.8, 4) is 5.75 Å². The molecule has 0 aliphatic rings. The van der Waals surface area contributed by atoms with Gasteiger partial charge in [-0.1, -0.05) is 30.3 Å². The summed E-state index contributed by atoms with van der Waals surface area (Å²) in [6, 6.07) is 12.0. The summed E-state index contributed by atoms with van der Waals surface area (Å²) in [5.74, 6) is -1.74. The third kappa shape index (κ3) is 5.24. The van der Waals surface area contributed by atoms with Gasteiger partial charge in [-0.3, -0.25) is 5.32 Å². The molecule has 0 heterocycles. The normalized spacial score (nSPS) is 10.3. The summed E-state index contributed by atoms with van der Waals surface area (Å²) >= 11 is 0. The van der Waals surface area contributed by atoms with Crippen LogP contribution in [-0.4, -0.2) is 23.8 Å². The fraction of sp³-hybridized carbons (Fsp3) is 0.125. The van der Waals surface area contributed by atoms with Crippen LogP contribution in [0, 0.1) is 0 Å². The van der Waals surface area contributed by atoms with E-state index in [0.29, 0.717) is 0 Å². The SMILES string of the molecule is O=C(Nc1cc(OC(F)F)cc(C(=O)O)c1)OCc1ccccc1. The number of carbonyl (C=O) groups excluding carboxylic acids is 1. The molecule has 2 N–H and O–H groups in total. The molecule has 0 aliphatic heterocycles. The second-order valence-corrected chi connectivity index (χ2v) is 4.62. The summed E-state index contributed by atoms with van der Waals surface area (Å²) in [6.45, 7) is -3.11. The molecule has 6 nitrogen and oxygen atoms in total. The second kappa shape index (κ2) is 7.91. The van der Waals surface area contributed by atoms with Crippen molar-refractivity contribution in [2.45, 2.75) is 13.2 Å². The molecule has 0 saturated heterocycles. The lowest BCUT2D eigenvalue weighted by Gasteiger charge is -2.10. The van der Waals surface area contributed by atoms with Crippen LogP contribution < -0.4 is 10.1 Å². The van der Waals surface area contributed by atoms with Crippen molar-refractivity contribution < 1.29 is 33.0 Å². The molecule has 0 unspecified atom stereocenters. The number of carbonyl (C=O) groups is 2. The van der Waals surface area contributed by atoms with Crippen molar-refractivity contribution in [1.82, 2.24) is 0 Å². The van der Waals surface area contributed by atoms with Crippen molar-refractivity contribution in [2.75, 3.05) is 5.32 Å². The minimum atomic E-state index is -3.12. The van der Waals surface area contributed by atoms with Crippen LogP contribution in [0.2, 0.25) is 0 Å². The first kappa shape index (κ1) is 17.2. The summed E-state index contributed by atoms with van der Waals surface area (Å²) in [6.07, 6.45) is -0.857. The Morgan fingerprint density at radius 2 is 1.83 bits per heavy atom. The van der Waals surface area contributed by atoms with Gasteiger partial charge in [-0.15, -0.1) is 0 Å². The van der Waals surface area contributed by atoms with E-state index in [-0.39, 0.29) is 23.6 Å². The van der Waals surface area contributed by atoms with Gasteiger partial charge < -0.3 is 14.6 Å². The minimum Gasteiger partial charge on any atom is -0.478 e. The molecule has 0 fully saturated rings. The van der Waals surface area contributed by atoms with E-state index in [4.69, 9.17) is 9.84 Å². The predicted octanol–water partition coefficient (Wildman–Crippen LogP) is 3.73. The number of hydrogen-bond acceptors (Lipinski definition) is 4. The summed E-state index contributed by atoms with van der Waals surface area (Å²) in [4.78, 5) is 22.7. The van der Waals surface area contributed by atoms with Crippen LogP contribution >= 0.6 is 0 Å². The monoisotopic (exact) mass is 337 g/mol. The number of halogens is 2. The molecule has 0 atom stereocenters. The maximum atomic E-state index is 12.3. The molecule has 2 rings (SSSR count). The van der Waals surface area contributed by atoms with Gasteiger partial charge in [-0.2, -0.15) is 8.78 Å². The molecule has 0 radical (unpaired) electrons. The Bertz CT molecular complexity index is 722. The molecule has 1 amide bonds. The van der Waals surface area contributed by atoms with Crippen molar-refractivity contribution in [2.24, 2.45) is 0 Å². The molecule has 2 aromatic carbocycles. The number of ether oxygens (including phenoxy) is 2. The molecule has 0 saturated carbocycles. The first-order valence-corrected chi connectivity index (χ1v) is 6.75.